The largest absolute Gasteiger partial charge is 0.478 e. The van der Waals surface area contributed by atoms with Gasteiger partial charge in [0.2, 0.25) is 0 Å². The second-order valence-corrected chi connectivity index (χ2v) is 5.35. The van der Waals surface area contributed by atoms with Crippen molar-refractivity contribution < 1.29 is 14.6 Å². The zero-order chi connectivity index (χ0) is 15.5. The fourth-order valence-electron chi connectivity index (χ4n) is 2.20. The average molecular weight is 290 g/mol. The van der Waals surface area contributed by atoms with Gasteiger partial charge in [-0.25, -0.2) is 4.79 Å². The van der Waals surface area contributed by atoms with Gasteiger partial charge < -0.3 is 9.84 Å². The van der Waals surface area contributed by atoms with Gasteiger partial charge in [-0.2, -0.15) is 0 Å². The predicted molar refractivity (Wildman–Crippen MR) is 86.1 cm³/mol. The third-order valence-electron chi connectivity index (χ3n) is 3.53. The molecule has 0 aromatic heterocycles. The molecule has 1 N–H and O–H groups in total. The first-order valence-corrected chi connectivity index (χ1v) is 7.73. The lowest BCUT2D eigenvalue weighted by atomic mass is 10.0. The number of aliphatic carboxylic acids is 1. The van der Waals surface area contributed by atoms with Crippen LogP contribution in [0.2, 0.25) is 0 Å². The summed E-state index contributed by atoms with van der Waals surface area (Å²) in [6.07, 6.45) is 7.63. The molecule has 0 saturated heterocycles. The van der Waals surface area contributed by atoms with E-state index in [9.17, 15) is 4.79 Å². The van der Waals surface area contributed by atoms with Gasteiger partial charge in [0.05, 0.1) is 6.61 Å². The van der Waals surface area contributed by atoms with E-state index in [4.69, 9.17) is 9.84 Å². The Morgan fingerprint density at radius 3 is 2.86 bits per heavy atom. The first kappa shape index (κ1) is 17.4. The molecule has 1 atom stereocenters. The molecular weight excluding hydrogens is 264 g/mol. The van der Waals surface area contributed by atoms with E-state index in [1.165, 1.54) is 19.3 Å². The molecule has 0 heterocycles. The van der Waals surface area contributed by atoms with Crippen LogP contribution in [0.25, 0.3) is 6.08 Å². The molecule has 0 bridgehead atoms. The van der Waals surface area contributed by atoms with Crippen LogP contribution in [0.4, 0.5) is 0 Å². The van der Waals surface area contributed by atoms with Gasteiger partial charge in [0.1, 0.15) is 0 Å². The third-order valence-corrected chi connectivity index (χ3v) is 3.53. The normalized spacial score (nSPS) is 12.7. The first-order valence-electron chi connectivity index (χ1n) is 7.73. The van der Waals surface area contributed by atoms with Crippen molar-refractivity contribution >= 4 is 12.0 Å². The van der Waals surface area contributed by atoms with Crippen molar-refractivity contribution in [3.8, 4) is 0 Å². The van der Waals surface area contributed by atoms with Crippen LogP contribution < -0.4 is 0 Å². The molecule has 1 rings (SSSR count). The predicted octanol–water partition coefficient (Wildman–Crippen LogP) is 4.52. The Kier molecular flexibility index (Phi) is 8.44. The highest BCUT2D eigenvalue weighted by atomic mass is 16.5. The first-order chi connectivity index (χ1) is 10.2. The standard InChI is InChI=1S/C18H26O3/c1-3-5-7-15(4-2)13-21-14-17-9-6-8-16(12-17)10-11-18(19)20/h6,8-12,15H,3-5,7,13-14H2,1-2H3,(H,19,20). The number of ether oxygens (including phenoxy) is 1. The maximum atomic E-state index is 10.5. The van der Waals surface area contributed by atoms with Gasteiger partial charge in [-0.15, -0.1) is 0 Å². The van der Waals surface area contributed by atoms with Crippen LogP contribution in [0.5, 0.6) is 0 Å². The van der Waals surface area contributed by atoms with E-state index in [0.717, 1.165) is 30.2 Å². The minimum Gasteiger partial charge on any atom is -0.478 e. The number of unbranched alkanes of at least 4 members (excludes halogenated alkanes) is 1. The zero-order valence-electron chi connectivity index (χ0n) is 13.0. The molecule has 116 valence electrons. The number of benzene rings is 1. The summed E-state index contributed by atoms with van der Waals surface area (Å²) in [5.41, 5.74) is 1.96. The molecule has 0 radical (unpaired) electrons. The Labute approximate surface area is 127 Å². The molecule has 1 aromatic carbocycles. The molecule has 0 aliphatic carbocycles. The molecule has 3 heteroatoms. The summed E-state index contributed by atoms with van der Waals surface area (Å²) in [6.45, 7) is 5.80. The summed E-state index contributed by atoms with van der Waals surface area (Å²) in [6, 6.07) is 7.78. The van der Waals surface area contributed by atoms with E-state index in [1.807, 2.05) is 24.3 Å². The number of rotatable bonds is 10. The molecule has 0 amide bonds. The fraction of sp³-hybridized carbons (Fsp3) is 0.500. The highest BCUT2D eigenvalue weighted by Crippen LogP contribution is 2.14. The maximum absolute atomic E-state index is 10.5. The highest BCUT2D eigenvalue weighted by molar-refractivity contribution is 5.85. The summed E-state index contributed by atoms with van der Waals surface area (Å²) in [5.74, 6) is -0.293. The zero-order valence-corrected chi connectivity index (χ0v) is 13.0. The lowest BCUT2D eigenvalue weighted by Crippen LogP contribution is -2.08. The van der Waals surface area contributed by atoms with Gasteiger partial charge in [0, 0.05) is 12.7 Å². The van der Waals surface area contributed by atoms with Crippen LogP contribution in [0.1, 0.15) is 50.7 Å². The third kappa shape index (κ3) is 7.66. The van der Waals surface area contributed by atoms with Crippen LogP contribution in [0.3, 0.4) is 0 Å². The van der Waals surface area contributed by atoms with Crippen molar-refractivity contribution in [3.63, 3.8) is 0 Å². The molecule has 0 fully saturated rings. The summed E-state index contributed by atoms with van der Waals surface area (Å²) < 4.78 is 5.81. The summed E-state index contributed by atoms with van der Waals surface area (Å²) in [7, 11) is 0. The van der Waals surface area contributed by atoms with Gasteiger partial charge in [-0.05, 0) is 35.6 Å². The van der Waals surface area contributed by atoms with Gasteiger partial charge in [-0.3, -0.25) is 0 Å². The number of carboxylic acid groups (broad SMARTS) is 1. The van der Waals surface area contributed by atoms with Gasteiger partial charge >= 0.3 is 5.97 Å². The average Bonchev–Trinajstić information content (AvgIpc) is 2.49. The minimum absolute atomic E-state index is 0.581. The molecule has 3 nitrogen and oxygen atoms in total. The van der Waals surface area contributed by atoms with Gasteiger partial charge in [-0.1, -0.05) is 51.3 Å². The Hall–Kier alpha value is -1.61. The Balaban J connectivity index is 2.44. The number of hydrogen-bond acceptors (Lipinski definition) is 2. The van der Waals surface area contributed by atoms with E-state index in [0.29, 0.717) is 12.5 Å². The molecule has 21 heavy (non-hydrogen) atoms. The molecule has 1 aromatic rings. The van der Waals surface area contributed by atoms with E-state index in [-0.39, 0.29) is 0 Å². The number of carbonyl (C=O) groups is 1. The monoisotopic (exact) mass is 290 g/mol. The van der Waals surface area contributed by atoms with Gasteiger partial charge in [0.25, 0.3) is 0 Å². The van der Waals surface area contributed by atoms with E-state index in [2.05, 4.69) is 13.8 Å². The van der Waals surface area contributed by atoms with E-state index < -0.39 is 5.97 Å². The van der Waals surface area contributed by atoms with E-state index >= 15 is 0 Å². The second-order valence-electron chi connectivity index (χ2n) is 5.35. The van der Waals surface area contributed by atoms with Crippen molar-refractivity contribution in [1.29, 1.82) is 0 Å². The van der Waals surface area contributed by atoms with Crippen molar-refractivity contribution in [1.82, 2.24) is 0 Å². The van der Waals surface area contributed by atoms with Crippen molar-refractivity contribution in [3.05, 3.63) is 41.5 Å². The van der Waals surface area contributed by atoms with Crippen LogP contribution in [0.15, 0.2) is 30.3 Å². The Morgan fingerprint density at radius 2 is 2.19 bits per heavy atom. The number of carboxylic acids is 1. The SMILES string of the molecule is CCCCC(CC)COCc1cccc(C=CC(=O)O)c1. The summed E-state index contributed by atoms with van der Waals surface area (Å²) >= 11 is 0. The lowest BCUT2D eigenvalue weighted by Gasteiger charge is -2.14. The molecule has 0 saturated carbocycles. The van der Waals surface area contributed by atoms with Gasteiger partial charge in [0.15, 0.2) is 0 Å². The Morgan fingerprint density at radius 1 is 1.38 bits per heavy atom. The fourth-order valence-corrected chi connectivity index (χ4v) is 2.20. The maximum Gasteiger partial charge on any atom is 0.328 e. The molecular formula is C18H26O3. The smallest absolute Gasteiger partial charge is 0.328 e. The van der Waals surface area contributed by atoms with Crippen LogP contribution in [-0.2, 0) is 16.1 Å². The van der Waals surface area contributed by atoms with Crippen LogP contribution in [-0.4, -0.2) is 17.7 Å². The minimum atomic E-state index is -0.932. The highest BCUT2D eigenvalue weighted by Gasteiger charge is 2.06. The molecule has 0 aliphatic heterocycles. The Bertz CT molecular complexity index is 452. The second kappa shape index (κ2) is 10.2. The summed E-state index contributed by atoms with van der Waals surface area (Å²) in [5, 5.41) is 8.63. The topological polar surface area (TPSA) is 46.5 Å². The van der Waals surface area contributed by atoms with Crippen molar-refractivity contribution in [2.24, 2.45) is 5.92 Å². The quantitative estimate of drug-likeness (QED) is 0.644. The van der Waals surface area contributed by atoms with Crippen LogP contribution >= 0.6 is 0 Å². The summed E-state index contributed by atoms with van der Waals surface area (Å²) in [4.78, 5) is 10.5. The van der Waals surface area contributed by atoms with Crippen molar-refractivity contribution in [2.75, 3.05) is 6.61 Å². The van der Waals surface area contributed by atoms with E-state index in [1.54, 1.807) is 6.08 Å². The van der Waals surface area contributed by atoms with Crippen molar-refractivity contribution in [2.45, 2.75) is 46.1 Å². The van der Waals surface area contributed by atoms with Crippen LogP contribution in [0, 0.1) is 5.92 Å². The molecule has 0 aliphatic rings. The molecule has 0 spiro atoms. The lowest BCUT2D eigenvalue weighted by molar-refractivity contribution is -0.131. The number of hydrogen-bond donors (Lipinski definition) is 1. The molecule has 1 unspecified atom stereocenters.